The summed E-state index contributed by atoms with van der Waals surface area (Å²) in [6.45, 7) is 9.06. The van der Waals surface area contributed by atoms with Gasteiger partial charge in [-0.15, -0.1) is 17.0 Å². The lowest BCUT2D eigenvalue weighted by molar-refractivity contribution is -0.144. The fraction of sp³-hybridized carbons (Fsp3) is 0.929. The van der Waals surface area contributed by atoms with Crippen molar-refractivity contribution in [3.05, 3.63) is 0 Å². The zero-order valence-corrected chi connectivity index (χ0v) is 14.8. The Kier molecular flexibility index (Phi) is 14.6. The minimum atomic E-state index is -0.101. The van der Waals surface area contributed by atoms with E-state index in [0.717, 1.165) is 58.7 Å². The van der Waals surface area contributed by atoms with E-state index in [2.05, 4.69) is 28.2 Å². The first-order valence-electron chi connectivity index (χ1n) is 7.84. The van der Waals surface area contributed by atoms with Gasteiger partial charge in [-0.1, -0.05) is 13.3 Å². The number of carbonyl (C=O) groups is 1. The molecule has 0 aromatic carbocycles. The van der Waals surface area contributed by atoms with E-state index < -0.39 is 0 Å². The third-order valence-corrected chi connectivity index (χ3v) is 3.26. The monoisotopic (exact) mass is 366 g/mol. The summed E-state index contributed by atoms with van der Waals surface area (Å²) in [5.74, 6) is -0.101. The summed E-state index contributed by atoms with van der Waals surface area (Å²) in [5, 5.41) is 13.5. The van der Waals surface area contributed by atoms with Crippen molar-refractivity contribution >= 4 is 23.0 Å². The van der Waals surface area contributed by atoms with Gasteiger partial charge in [0, 0.05) is 51.9 Å². The average Bonchev–Trinajstić information content (AvgIpc) is 2.42. The standard InChI is InChI=1S/C14H30N4O2.BrH/c1-2-3-10-20-14(19)11-13-12-17-7-6-15-4-5-16-8-9-18-13;/h13,15-18H,2-12H2,1H3;1H. The minimum absolute atomic E-state index is 0. The van der Waals surface area contributed by atoms with Crippen LogP contribution in [0.3, 0.4) is 0 Å². The van der Waals surface area contributed by atoms with Crippen molar-refractivity contribution in [1.82, 2.24) is 21.3 Å². The van der Waals surface area contributed by atoms with Gasteiger partial charge < -0.3 is 26.0 Å². The molecule has 1 heterocycles. The van der Waals surface area contributed by atoms with Gasteiger partial charge in [0.05, 0.1) is 13.0 Å². The lowest BCUT2D eigenvalue weighted by Crippen LogP contribution is -2.46. The van der Waals surface area contributed by atoms with Crippen LogP contribution in [0, 0.1) is 0 Å². The first-order valence-corrected chi connectivity index (χ1v) is 7.84. The number of rotatable bonds is 5. The van der Waals surface area contributed by atoms with Crippen molar-refractivity contribution in [3.8, 4) is 0 Å². The molecule has 1 atom stereocenters. The Hall–Kier alpha value is -0.210. The average molecular weight is 367 g/mol. The van der Waals surface area contributed by atoms with Gasteiger partial charge in [0.1, 0.15) is 0 Å². The van der Waals surface area contributed by atoms with Crippen molar-refractivity contribution in [3.63, 3.8) is 0 Å². The van der Waals surface area contributed by atoms with Crippen LogP contribution in [0.15, 0.2) is 0 Å². The van der Waals surface area contributed by atoms with Crippen LogP contribution in [0.4, 0.5) is 0 Å². The highest BCUT2D eigenvalue weighted by Gasteiger charge is 2.14. The molecule has 1 aliphatic rings. The largest absolute Gasteiger partial charge is 0.466 e. The predicted molar refractivity (Wildman–Crippen MR) is 91.2 cm³/mol. The lowest BCUT2D eigenvalue weighted by atomic mass is 10.2. The summed E-state index contributed by atoms with van der Waals surface area (Å²) in [6, 6.07) is 0.144. The lowest BCUT2D eigenvalue weighted by Gasteiger charge is -2.20. The maximum absolute atomic E-state index is 11.7. The van der Waals surface area contributed by atoms with E-state index in [4.69, 9.17) is 4.74 Å². The van der Waals surface area contributed by atoms with E-state index in [1.54, 1.807) is 0 Å². The molecule has 1 fully saturated rings. The van der Waals surface area contributed by atoms with Gasteiger partial charge in [-0.3, -0.25) is 4.79 Å². The Bertz CT molecular complexity index is 245. The number of hydrogen-bond acceptors (Lipinski definition) is 6. The van der Waals surface area contributed by atoms with E-state index in [0.29, 0.717) is 13.0 Å². The number of nitrogens with one attached hydrogen (secondary N) is 4. The topological polar surface area (TPSA) is 74.4 Å². The molecule has 0 amide bonds. The molecule has 0 aliphatic carbocycles. The second-order valence-electron chi connectivity index (χ2n) is 5.13. The second-order valence-corrected chi connectivity index (χ2v) is 5.13. The Labute approximate surface area is 138 Å². The molecule has 0 aromatic heterocycles. The van der Waals surface area contributed by atoms with Gasteiger partial charge in [-0.2, -0.15) is 0 Å². The molecule has 126 valence electrons. The second kappa shape index (κ2) is 14.7. The highest BCUT2D eigenvalue weighted by atomic mass is 79.9. The third-order valence-electron chi connectivity index (χ3n) is 3.26. The fourth-order valence-corrected chi connectivity index (χ4v) is 2.05. The van der Waals surface area contributed by atoms with Crippen LogP contribution in [-0.2, 0) is 9.53 Å². The van der Waals surface area contributed by atoms with Crippen LogP contribution in [-0.4, -0.2) is 64.4 Å². The number of hydrogen-bond donors (Lipinski definition) is 4. The van der Waals surface area contributed by atoms with Gasteiger partial charge in [-0.25, -0.2) is 0 Å². The molecule has 0 aromatic rings. The molecule has 0 saturated carbocycles. The summed E-state index contributed by atoms with van der Waals surface area (Å²) < 4.78 is 5.22. The number of esters is 1. The van der Waals surface area contributed by atoms with Gasteiger partial charge in [-0.05, 0) is 6.42 Å². The fourth-order valence-electron chi connectivity index (χ4n) is 2.05. The number of ether oxygens (including phenoxy) is 1. The number of unbranched alkanes of at least 4 members (excludes halogenated alkanes) is 1. The molecule has 1 rings (SSSR count). The van der Waals surface area contributed by atoms with Crippen LogP contribution in [0.25, 0.3) is 0 Å². The van der Waals surface area contributed by atoms with Crippen LogP contribution in [0.1, 0.15) is 26.2 Å². The summed E-state index contributed by atoms with van der Waals surface area (Å²) in [4.78, 5) is 11.7. The van der Waals surface area contributed by atoms with Crippen molar-refractivity contribution in [2.75, 3.05) is 52.4 Å². The van der Waals surface area contributed by atoms with Gasteiger partial charge in [0.25, 0.3) is 0 Å². The van der Waals surface area contributed by atoms with E-state index in [9.17, 15) is 4.79 Å². The maximum atomic E-state index is 11.7. The number of carbonyl (C=O) groups excluding carboxylic acids is 1. The molecular weight excluding hydrogens is 336 g/mol. The van der Waals surface area contributed by atoms with E-state index in [1.807, 2.05) is 0 Å². The summed E-state index contributed by atoms with van der Waals surface area (Å²) in [6.07, 6.45) is 2.43. The molecule has 21 heavy (non-hydrogen) atoms. The molecule has 0 bridgehead atoms. The van der Waals surface area contributed by atoms with E-state index in [-0.39, 0.29) is 29.0 Å². The van der Waals surface area contributed by atoms with Crippen LogP contribution in [0.5, 0.6) is 0 Å². The smallest absolute Gasteiger partial charge is 0.307 e. The normalized spacial score (nSPS) is 21.5. The van der Waals surface area contributed by atoms with Gasteiger partial charge in [0.2, 0.25) is 0 Å². The Morgan fingerprint density at radius 3 is 2.33 bits per heavy atom. The third kappa shape index (κ3) is 12.1. The molecular formula is C14H31BrN4O2. The first kappa shape index (κ1) is 20.8. The quantitative estimate of drug-likeness (QED) is 0.406. The van der Waals surface area contributed by atoms with Crippen LogP contribution in [0.2, 0.25) is 0 Å². The van der Waals surface area contributed by atoms with Crippen molar-refractivity contribution in [2.45, 2.75) is 32.2 Å². The molecule has 0 spiro atoms. The van der Waals surface area contributed by atoms with Crippen LogP contribution >= 0.6 is 17.0 Å². The SMILES string of the molecule is Br.CCCCOC(=O)CC1CNCCNCCNCCN1. The zero-order valence-electron chi connectivity index (χ0n) is 13.1. The molecule has 4 N–H and O–H groups in total. The maximum Gasteiger partial charge on any atom is 0.307 e. The van der Waals surface area contributed by atoms with Crippen LogP contribution < -0.4 is 21.3 Å². The summed E-state index contributed by atoms with van der Waals surface area (Å²) >= 11 is 0. The first-order chi connectivity index (χ1) is 9.83. The van der Waals surface area contributed by atoms with Crippen molar-refractivity contribution in [1.29, 1.82) is 0 Å². The zero-order chi connectivity index (χ0) is 14.5. The van der Waals surface area contributed by atoms with Crippen molar-refractivity contribution in [2.24, 2.45) is 0 Å². The van der Waals surface area contributed by atoms with Crippen molar-refractivity contribution < 1.29 is 9.53 Å². The molecule has 7 heteroatoms. The highest BCUT2D eigenvalue weighted by molar-refractivity contribution is 8.93. The molecule has 1 aliphatic heterocycles. The Morgan fingerprint density at radius 2 is 1.67 bits per heavy atom. The van der Waals surface area contributed by atoms with Gasteiger partial charge >= 0.3 is 5.97 Å². The Morgan fingerprint density at radius 1 is 1.05 bits per heavy atom. The summed E-state index contributed by atoms with van der Waals surface area (Å²) in [7, 11) is 0. The molecule has 0 radical (unpaired) electrons. The minimum Gasteiger partial charge on any atom is -0.466 e. The molecule has 6 nitrogen and oxygen atoms in total. The van der Waals surface area contributed by atoms with E-state index >= 15 is 0 Å². The molecule has 1 unspecified atom stereocenters. The molecule has 1 saturated heterocycles. The van der Waals surface area contributed by atoms with E-state index in [1.165, 1.54) is 0 Å². The Balaban J connectivity index is 0.00000400. The van der Waals surface area contributed by atoms with Gasteiger partial charge in [0.15, 0.2) is 0 Å². The number of halogens is 1. The summed E-state index contributed by atoms with van der Waals surface area (Å²) in [5.41, 5.74) is 0. The predicted octanol–water partition coefficient (Wildman–Crippen LogP) is 0.0383. The highest BCUT2D eigenvalue weighted by Crippen LogP contribution is 1.97.